The zero-order valence-corrected chi connectivity index (χ0v) is 32.9. The van der Waals surface area contributed by atoms with Gasteiger partial charge in [-0.2, -0.15) is 23.4 Å². The largest absolute Gasteiger partial charge is 0.355 e. The van der Waals surface area contributed by atoms with E-state index in [0.717, 1.165) is 62.6 Å². The zero-order valence-electron chi connectivity index (χ0n) is 31.3. The maximum atomic E-state index is 11.8. The van der Waals surface area contributed by atoms with Gasteiger partial charge in [-0.15, -0.1) is 4.33 Å². The number of anilines is 12. The predicted octanol–water partition coefficient (Wildman–Crippen LogP) is 11.2. The SMILES string of the molecule is O=S(=O)(O)c1cccc(Nc2nc(Nc3ccccc3)nc(Nc3cccc4c(Nc5cc(Nc6ccccc6)cc(Nc6cccc(SOOO)c6)c5)cccc34)n2)c1. The van der Waals surface area contributed by atoms with Gasteiger partial charge in [-0.1, -0.05) is 77.8 Å². The van der Waals surface area contributed by atoms with Crippen LogP contribution in [0.1, 0.15) is 0 Å². The molecule has 17 heteroatoms. The molecule has 60 heavy (non-hydrogen) atoms. The summed E-state index contributed by atoms with van der Waals surface area (Å²) >= 11 is 0.875. The van der Waals surface area contributed by atoms with E-state index in [1.807, 2.05) is 140 Å². The summed E-state index contributed by atoms with van der Waals surface area (Å²) < 4.78 is 37.9. The van der Waals surface area contributed by atoms with Crippen molar-refractivity contribution in [3.05, 3.63) is 164 Å². The van der Waals surface area contributed by atoms with Crippen LogP contribution in [0.5, 0.6) is 0 Å². The van der Waals surface area contributed by atoms with E-state index in [9.17, 15) is 13.0 Å². The normalized spacial score (nSPS) is 11.2. The van der Waals surface area contributed by atoms with E-state index < -0.39 is 10.1 Å². The first-order valence-corrected chi connectivity index (χ1v) is 20.4. The first kappa shape index (κ1) is 39.6. The van der Waals surface area contributed by atoms with Crippen LogP contribution < -0.4 is 31.9 Å². The maximum absolute atomic E-state index is 11.8. The second kappa shape index (κ2) is 18.1. The molecule has 15 nitrogen and oxygen atoms in total. The first-order valence-electron chi connectivity index (χ1n) is 18.2. The lowest BCUT2D eigenvalue weighted by molar-refractivity contribution is -0.432. The maximum Gasteiger partial charge on any atom is 0.294 e. The van der Waals surface area contributed by atoms with Gasteiger partial charge in [0.25, 0.3) is 10.1 Å². The van der Waals surface area contributed by atoms with Crippen LogP contribution >= 0.6 is 12.0 Å². The number of hydrogen-bond donors (Lipinski definition) is 8. The summed E-state index contributed by atoms with van der Waals surface area (Å²) in [5, 5.41) is 34.3. The fourth-order valence-corrected chi connectivity index (χ4v) is 7.19. The third-order valence-corrected chi connectivity index (χ3v) is 10.2. The topological polar surface area (TPSA) is 204 Å². The standard InChI is InChI=1S/C43H35N9O6S2/c53-57-58-59-35-17-7-15-30(26-35)45-33-23-32(44-28-11-3-1-4-12-28)24-34(25-33)46-39-21-9-20-38-37(39)19-10-22-40(38)49-43-51-41(47-29-13-5-2-6-14-29)50-42(52-43)48-31-16-8-18-36(27-31)60(54,55)56/h1-27,44-46,53H,(H,54,55,56)(H3,47,48,49,50,51,52). The van der Waals surface area contributed by atoms with Gasteiger partial charge in [-0.3, -0.25) is 4.55 Å². The lowest BCUT2D eigenvalue weighted by Crippen LogP contribution is -2.08. The number of benzene rings is 7. The van der Waals surface area contributed by atoms with Crippen LogP contribution in [0.4, 0.5) is 69.0 Å². The molecule has 0 saturated carbocycles. The minimum Gasteiger partial charge on any atom is -0.355 e. The van der Waals surface area contributed by atoms with E-state index in [-0.39, 0.29) is 22.7 Å². The summed E-state index contributed by atoms with van der Waals surface area (Å²) in [6, 6.07) is 50.2. The number of aromatic nitrogens is 3. The number of para-hydroxylation sites is 2. The molecule has 0 atom stereocenters. The molecular weight excluding hydrogens is 803 g/mol. The van der Waals surface area contributed by atoms with Gasteiger partial charge in [0.1, 0.15) is 0 Å². The molecule has 0 radical (unpaired) electrons. The van der Waals surface area contributed by atoms with Crippen molar-refractivity contribution >= 4 is 102 Å². The van der Waals surface area contributed by atoms with Crippen LogP contribution in [0.2, 0.25) is 0 Å². The molecule has 7 aromatic carbocycles. The molecule has 0 amide bonds. The van der Waals surface area contributed by atoms with E-state index in [1.54, 1.807) is 6.07 Å². The number of hydrogen-bond acceptors (Lipinski definition) is 15. The predicted molar refractivity (Wildman–Crippen MR) is 236 cm³/mol. The minimum absolute atomic E-state index is 0.118. The Labute approximate surface area is 348 Å². The van der Waals surface area contributed by atoms with Crippen molar-refractivity contribution in [2.45, 2.75) is 9.79 Å². The van der Waals surface area contributed by atoms with Crippen molar-refractivity contribution in [2.75, 3.05) is 31.9 Å². The average molecular weight is 838 g/mol. The van der Waals surface area contributed by atoms with Crippen LogP contribution in [0, 0.1) is 0 Å². The third kappa shape index (κ3) is 10.2. The van der Waals surface area contributed by atoms with Crippen molar-refractivity contribution in [1.29, 1.82) is 0 Å². The Hall–Kier alpha value is -7.25. The molecule has 0 bridgehead atoms. The smallest absolute Gasteiger partial charge is 0.294 e. The second-order valence-corrected chi connectivity index (χ2v) is 15.2. The highest BCUT2D eigenvalue weighted by Crippen LogP contribution is 2.36. The fraction of sp³-hybridized carbons (Fsp3) is 0. The number of nitrogens with one attached hydrogen (secondary N) is 6. The van der Waals surface area contributed by atoms with Crippen LogP contribution in [0.3, 0.4) is 0 Å². The Kier molecular flexibility index (Phi) is 12.0. The molecule has 1 aromatic heterocycles. The fourth-order valence-electron chi connectivity index (χ4n) is 6.24. The Morgan fingerprint density at radius 1 is 0.450 bits per heavy atom. The molecule has 0 aliphatic carbocycles. The van der Waals surface area contributed by atoms with Crippen LogP contribution in [0.15, 0.2) is 174 Å². The van der Waals surface area contributed by atoms with Crippen molar-refractivity contribution in [2.24, 2.45) is 0 Å². The third-order valence-electron chi connectivity index (χ3n) is 8.78. The number of nitrogens with zero attached hydrogens (tertiary/aromatic N) is 3. The molecule has 0 aliphatic rings. The molecule has 0 saturated heterocycles. The lowest BCUT2D eigenvalue weighted by Gasteiger charge is -2.17. The van der Waals surface area contributed by atoms with Crippen LogP contribution in [-0.2, 0) is 19.5 Å². The highest BCUT2D eigenvalue weighted by molar-refractivity contribution is 7.94. The van der Waals surface area contributed by atoms with E-state index in [1.165, 1.54) is 18.2 Å². The van der Waals surface area contributed by atoms with E-state index in [0.29, 0.717) is 16.3 Å². The molecule has 0 unspecified atom stereocenters. The van der Waals surface area contributed by atoms with Crippen molar-refractivity contribution in [3.8, 4) is 0 Å². The Bertz CT molecular complexity index is 2880. The molecule has 0 fully saturated rings. The average Bonchev–Trinajstić information content (AvgIpc) is 3.24. The van der Waals surface area contributed by atoms with Gasteiger partial charge in [-0.05, 0) is 91.0 Å². The summed E-state index contributed by atoms with van der Waals surface area (Å²) in [6.45, 7) is 0. The van der Waals surface area contributed by atoms with Gasteiger partial charge in [0.05, 0.1) is 16.9 Å². The molecule has 0 aliphatic heterocycles. The number of rotatable bonds is 16. The lowest BCUT2D eigenvalue weighted by atomic mass is 10.1. The first-order chi connectivity index (χ1) is 29.2. The van der Waals surface area contributed by atoms with Gasteiger partial charge in [0.15, 0.2) is 0 Å². The van der Waals surface area contributed by atoms with Gasteiger partial charge < -0.3 is 31.9 Å². The van der Waals surface area contributed by atoms with Gasteiger partial charge in [0, 0.05) is 66.9 Å². The van der Waals surface area contributed by atoms with Gasteiger partial charge in [-0.25, -0.2) is 5.26 Å². The summed E-state index contributed by atoms with van der Waals surface area (Å²) in [7, 11) is -4.44. The molecule has 8 rings (SSSR count). The molecular formula is C43H35N9O6S2. The van der Waals surface area contributed by atoms with E-state index in [2.05, 4.69) is 56.2 Å². The highest BCUT2D eigenvalue weighted by atomic mass is 32.2. The van der Waals surface area contributed by atoms with Crippen LogP contribution in [-0.4, -0.2) is 33.2 Å². The molecule has 8 N–H and O–H groups in total. The second-order valence-electron chi connectivity index (χ2n) is 13.1. The number of fused-ring (bicyclic) bond motifs is 1. The Morgan fingerprint density at radius 2 is 0.917 bits per heavy atom. The van der Waals surface area contributed by atoms with E-state index in [4.69, 9.17) is 5.26 Å². The highest BCUT2D eigenvalue weighted by Gasteiger charge is 2.14. The summed E-state index contributed by atoms with van der Waals surface area (Å²) in [6.07, 6.45) is 0. The quantitative estimate of drug-likeness (QED) is 0.0197. The van der Waals surface area contributed by atoms with Crippen molar-refractivity contribution < 1.29 is 27.6 Å². The molecule has 0 spiro atoms. The van der Waals surface area contributed by atoms with Gasteiger partial charge >= 0.3 is 0 Å². The minimum atomic E-state index is -4.44. The molecule has 1 heterocycles. The summed E-state index contributed by atoms with van der Waals surface area (Å²) in [4.78, 5) is 14.2. The van der Waals surface area contributed by atoms with Crippen molar-refractivity contribution in [1.82, 2.24) is 15.0 Å². The molecule has 300 valence electrons. The summed E-state index contributed by atoms with van der Waals surface area (Å²) in [5.74, 6) is 0.546. The van der Waals surface area contributed by atoms with Crippen molar-refractivity contribution in [3.63, 3.8) is 0 Å². The monoisotopic (exact) mass is 837 g/mol. The van der Waals surface area contributed by atoms with Crippen LogP contribution in [0.25, 0.3) is 10.8 Å². The Balaban J connectivity index is 1.11. The van der Waals surface area contributed by atoms with E-state index >= 15 is 0 Å². The summed E-state index contributed by atoms with van der Waals surface area (Å²) in [5.41, 5.74) is 6.77. The van der Waals surface area contributed by atoms with Gasteiger partial charge in [0.2, 0.25) is 17.8 Å². The molecule has 8 aromatic rings. The Morgan fingerprint density at radius 3 is 1.52 bits per heavy atom. The zero-order chi connectivity index (χ0) is 41.3.